The maximum Gasteiger partial charge on any atom is 0.331 e. The lowest BCUT2D eigenvalue weighted by Crippen LogP contribution is -2.71. The first kappa shape index (κ1) is 28.0. The second kappa shape index (κ2) is 9.19. The Hall–Kier alpha value is -1.11. The van der Waals surface area contributed by atoms with E-state index in [2.05, 4.69) is 0 Å². The van der Waals surface area contributed by atoms with E-state index in [1.165, 1.54) is 0 Å². The van der Waals surface area contributed by atoms with E-state index in [0.717, 1.165) is 12.0 Å². The third-order valence-electron chi connectivity index (χ3n) is 12.2. The number of carbonyl (C=O) groups is 1. The molecule has 4 saturated carbocycles. The summed E-state index contributed by atoms with van der Waals surface area (Å²) in [6, 6.07) is 0. The SMILES string of the molecule is C[C@H]1O[C@H](O[C@H]2CC[C@]3(C)[C@@H]4[C@H](O)C[C@]5(C)[C@@H](C6=CC(=O)OC6)CC[C@]5(O)[C@H]4CC[C@]3(O)C2)[C@H](O)[C@H](O)[C@H]1O. The average Bonchev–Trinajstić information content (AvgIpc) is 3.41. The van der Waals surface area contributed by atoms with Gasteiger partial charge in [-0.2, -0.15) is 0 Å². The highest BCUT2D eigenvalue weighted by Gasteiger charge is 2.72. The molecule has 5 fully saturated rings. The van der Waals surface area contributed by atoms with Gasteiger partial charge in [0.25, 0.3) is 0 Å². The number of hydrogen-bond acceptors (Lipinski definition) is 10. The first-order valence-electron chi connectivity index (χ1n) is 14.6. The standard InChI is InChI=1S/C29H44O10/c1-14-22(32)23(33)24(34)25(38-14)39-16-4-7-26(2)21-18(5-8-28(26,35)11-16)29(36)9-6-17(15-10-20(31)37-13-15)27(29,3)12-19(21)30/h10,14,16-19,21-25,30,32-36H,4-9,11-13H2,1-3H3/t14-,16+,17-,18+,19-,21+,22+,23-,24-,25-,26-,27-,28+,29+/m1/s1. The third kappa shape index (κ3) is 3.86. The second-order valence-corrected chi connectivity index (χ2v) is 13.8. The van der Waals surface area contributed by atoms with Gasteiger partial charge >= 0.3 is 5.97 Å². The zero-order valence-corrected chi connectivity index (χ0v) is 23.0. The summed E-state index contributed by atoms with van der Waals surface area (Å²) in [5, 5.41) is 66.9. The minimum atomic E-state index is -1.41. The van der Waals surface area contributed by atoms with E-state index >= 15 is 0 Å². The Balaban J connectivity index is 1.22. The number of aliphatic hydroxyl groups is 6. The number of hydrogen-bond donors (Lipinski definition) is 6. The molecule has 2 aliphatic heterocycles. The molecule has 10 nitrogen and oxygen atoms in total. The third-order valence-corrected chi connectivity index (χ3v) is 12.2. The van der Waals surface area contributed by atoms with Gasteiger partial charge in [-0.3, -0.25) is 0 Å². The maximum atomic E-state index is 12.4. The second-order valence-electron chi connectivity index (χ2n) is 13.8. The summed E-state index contributed by atoms with van der Waals surface area (Å²) < 4.78 is 16.9. The molecule has 0 aromatic carbocycles. The monoisotopic (exact) mass is 552 g/mol. The molecule has 6 N–H and O–H groups in total. The van der Waals surface area contributed by atoms with Gasteiger partial charge in [0.05, 0.1) is 29.5 Å². The number of cyclic esters (lactones) is 1. The fourth-order valence-electron chi connectivity index (χ4n) is 9.89. The van der Waals surface area contributed by atoms with Crippen LogP contribution in [-0.4, -0.2) is 97.3 Å². The summed E-state index contributed by atoms with van der Waals surface area (Å²) >= 11 is 0. The van der Waals surface area contributed by atoms with Crippen molar-refractivity contribution in [2.45, 2.75) is 126 Å². The van der Waals surface area contributed by atoms with Crippen molar-refractivity contribution >= 4 is 5.97 Å². The number of fused-ring (bicyclic) bond motifs is 5. The molecular formula is C29H44O10. The van der Waals surface area contributed by atoms with Crippen molar-refractivity contribution in [3.63, 3.8) is 0 Å². The van der Waals surface area contributed by atoms with Crippen LogP contribution in [0.3, 0.4) is 0 Å². The van der Waals surface area contributed by atoms with Crippen LogP contribution in [-0.2, 0) is 19.0 Å². The zero-order valence-electron chi connectivity index (χ0n) is 23.0. The lowest BCUT2D eigenvalue weighted by Gasteiger charge is -2.67. The van der Waals surface area contributed by atoms with Crippen LogP contribution in [0.4, 0.5) is 0 Å². The van der Waals surface area contributed by atoms with Crippen molar-refractivity contribution in [2.75, 3.05) is 6.61 Å². The van der Waals surface area contributed by atoms with Crippen LogP contribution in [0.25, 0.3) is 0 Å². The van der Waals surface area contributed by atoms with Crippen molar-refractivity contribution in [3.05, 3.63) is 11.6 Å². The van der Waals surface area contributed by atoms with Gasteiger partial charge in [0.15, 0.2) is 6.29 Å². The predicted octanol–water partition coefficient (Wildman–Crippen LogP) is 0.542. The van der Waals surface area contributed by atoms with Gasteiger partial charge < -0.3 is 44.8 Å². The predicted molar refractivity (Wildman–Crippen MR) is 136 cm³/mol. The lowest BCUT2D eigenvalue weighted by atomic mass is 9.41. The molecule has 1 saturated heterocycles. The van der Waals surface area contributed by atoms with Gasteiger partial charge in [0.1, 0.15) is 24.9 Å². The van der Waals surface area contributed by atoms with Crippen LogP contribution in [0, 0.1) is 28.6 Å². The van der Waals surface area contributed by atoms with Crippen molar-refractivity contribution in [1.29, 1.82) is 0 Å². The molecule has 0 spiro atoms. The summed E-state index contributed by atoms with van der Waals surface area (Å²) in [5.41, 5.74) is -2.54. The molecule has 10 heteroatoms. The topological polar surface area (TPSA) is 166 Å². The van der Waals surface area contributed by atoms with Gasteiger partial charge in [-0.1, -0.05) is 13.8 Å². The molecule has 0 bridgehead atoms. The van der Waals surface area contributed by atoms with Crippen LogP contribution in [0.2, 0.25) is 0 Å². The summed E-state index contributed by atoms with van der Waals surface area (Å²) in [6.07, 6.45) is -1.39. The molecule has 0 aromatic heterocycles. The molecular weight excluding hydrogens is 508 g/mol. The molecule has 0 radical (unpaired) electrons. The van der Waals surface area contributed by atoms with Gasteiger partial charge in [-0.05, 0) is 75.2 Å². The minimum Gasteiger partial charge on any atom is -0.458 e. The summed E-state index contributed by atoms with van der Waals surface area (Å²) in [5.74, 6) is -0.893. The van der Waals surface area contributed by atoms with E-state index < -0.39 is 64.9 Å². The highest BCUT2D eigenvalue weighted by atomic mass is 16.7. The Morgan fingerprint density at radius 3 is 2.36 bits per heavy atom. The number of ether oxygens (including phenoxy) is 3. The Bertz CT molecular complexity index is 1030. The number of carbonyl (C=O) groups excluding carboxylic acids is 1. The van der Waals surface area contributed by atoms with Crippen molar-refractivity contribution < 1.29 is 49.6 Å². The van der Waals surface area contributed by atoms with E-state index in [-0.39, 0.29) is 36.8 Å². The summed E-state index contributed by atoms with van der Waals surface area (Å²) in [4.78, 5) is 11.8. The summed E-state index contributed by atoms with van der Waals surface area (Å²) in [7, 11) is 0. The van der Waals surface area contributed by atoms with Crippen LogP contribution < -0.4 is 0 Å². The fourth-order valence-corrected chi connectivity index (χ4v) is 9.89. The van der Waals surface area contributed by atoms with Crippen LogP contribution in [0.5, 0.6) is 0 Å². The van der Waals surface area contributed by atoms with Crippen LogP contribution in [0.15, 0.2) is 11.6 Å². The van der Waals surface area contributed by atoms with Gasteiger partial charge in [-0.25, -0.2) is 4.79 Å². The largest absolute Gasteiger partial charge is 0.458 e. The molecule has 39 heavy (non-hydrogen) atoms. The molecule has 0 aromatic rings. The highest BCUT2D eigenvalue weighted by molar-refractivity contribution is 5.85. The maximum absolute atomic E-state index is 12.4. The van der Waals surface area contributed by atoms with Gasteiger partial charge in [-0.15, -0.1) is 0 Å². The highest BCUT2D eigenvalue weighted by Crippen LogP contribution is 2.70. The van der Waals surface area contributed by atoms with Crippen molar-refractivity contribution in [3.8, 4) is 0 Å². The smallest absolute Gasteiger partial charge is 0.331 e. The molecule has 4 aliphatic carbocycles. The molecule has 0 unspecified atom stereocenters. The van der Waals surface area contributed by atoms with Crippen LogP contribution >= 0.6 is 0 Å². The quantitative estimate of drug-likeness (QED) is 0.215. The zero-order chi connectivity index (χ0) is 28.1. The number of rotatable bonds is 3. The first-order chi connectivity index (χ1) is 18.2. The Morgan fingerprint density at radius 2 is 1.67 bits per heavy atom. The molecule has 2 heterocycles. The fraction of sp³-hybridized carbons (Fsp3) is 0.897. The first-order valence-corrected chi connectivity index (χ1v) is 14.6. The van der Waals surface area contributed by atoms with Crippen molar-refractivity contribution in [2.24, 2.45) is 28.6 Å². The van der Waals surface area contributed by atoms with Crippen molar-refractivity contribution in [1.82, 2.24) is 0 Å². The van der Waals surface area contributed by atoms with Gasteiger partial charge in [0, 0.05) is 23.3 Å². The molecule has 220 valence electrons. The molecule has 6 aliphatic rings. The number of esters is 1. The lowest BCUT2D eigenvalue weighted by molar-refractivity contribution is -0.323. The molecule has 6 rings (SSSR count). The normalized spacial score (nSPS) is 57.3. The molecule has 14 atom stereocenters. The van der Waals surface area contributed by atoms with E-state index in [1.54, 1.807) is 13.0 Å². The summed E-state index contributed by atoms with van der Waals surface area (Å²) in [6.45, 7) is 5.92. The number of aliphatic hydroxyl groups excluding tert-OH is 4. The Labute approximate surface area is 229 Å². The Kier molecular flexibility index (Phi) is 6.61. The van der Waals surface area contributed by atoms with E-state index in [0.29, 0.717) is 38.5 Å². The van der Waals surface area contributed by atoms with Crippen LogP contribution in [0.1, 0.15) is 72.1 Å². The molecule has 0 amide bonds. The van der Waals surface area contributed by atoms with E-state index in [4.69, 9.17) is 14.2 Å². The van der Waals surface area contributed by atoms with E-state index in [9.17, 15) is 35.4 Å². The van der Waals surface area contributed by atoms with Gasteiger partial charge in [0.2, 0.25) is 0 Å². The van der Waals surface area contributed by atoms with E-state index in [1.807, 2.05) is 13.8 Å². The Morgan fingerprint density at radius 1 is 0.923 bits per heavy atom. The average molecular weight is 553 g/mol. The minimum absolute atomic E-state index is 0.0412.